The van der Waals surface area contributed by atoms with Crippen LogP contribution < -0.4 is 10.5 Å². The van der Waals surface area contributed by atoms with E-state index in [1.165, 1.54) is 16.9 Å². The summed E-state index contributed by atoms with van der Waals surface area (Å²) >= 11 is 1.46. The fourth-order valence-corrected chi connectivity index (χ4v) is 2.49. The number of ether oxygens (including phenoxy) is 1. The minimum atomic E-state index is 0.468. The average Bonchev–Trinajstić information content (AvgIpc) is 2.83. The molecule has 1 heterocycles. The van der Waals surface area contributed by atoms with Crippen LogP contribution >= 0.6 is 11.3 Å². The molecule has 0 amide bonds. The van der Waals surface area contributed by atoms with Crippen LogP contribution in [0.15, 0.2) is 23.6 Å². The van der Waals surface area contributed by atoms with Crippen LogP contribution in [0.25, 0.3) is 11.3 Å². The predicted octanol–water partition coefficient (Wildman–Crippen LogP) is 3.91. The maximum absolute atomic E-state index is 5.68. The van der Waals surface area contributed by atoms with Crippen molar-refractivity contribution in [2.24, 2.45) is 0 Å². The van der Waals surface area contributed by atoms with Gasteiger partial charge in [-0.15, -0.1) is 11.3 Å². The van der Waals surface area contributed by atoms with Crippen molar-refractivity contribution in [3.8, 4) is 17.0 Å². The topological polar surface area (TPSA) is 48.1 Å². The van der Waals surface area contributed by atoms with Gasteiger partial charge in [0.15, 0.2) is 5.13 Å². The molecule has 1 aromatic carbocycles. The van der Waals surface area contributed by atoms with E-state index in [0.717, 1.165) is 23.4 Å². The molecule has 0 aliphatic heterocycles. The Morgan fingerprint density at radius 2 is 2.22 bits per heavy atom. The lowest BCUT2D eigenvalue weighted by Gasteiger charge is -2.15. The number of anilines is 1. The van der Waals surface area contributed by atoms with Crippen LogP contribution in [0.4, 0.5) is 5.13 Å². The van der Waals surface area contributed by atoms with Crippen LogP contribution in [0.2, 0.25) is 0 Å². The molecule has 0 saturated carbocycles. The van der Waals surface area contributed by atoms with E-state index in [9.17, 15) is 0 Å². The number of rotatable bonds is 4. The number of hydrogen-bond acceptors (Lipinski definition) is 4. The van der Waals surface area contributed by atoms with Gasteiger partial charge in [0.1, 0.15) is 5.75 Å². The van der Waals surface area contributed by atoms with Crippen molar-refractivity contribution in [3.05, 3.63) is 29.1 Å². The number of benzene rings is 1. The molecule has 0 aliphatic carbocycles. The Balaban J connectivity index is 2.45. The van der Waals surface area contributed by atoms with E-state index >= 15 is 0 Å². The number of methoxy groups -OCH3 is 1. The number of thiazole rings is 1. The molecule has 3 nitrogen and oxygen atoms in total. The second-order valence-corrected chi connectivity index (χ2v) is 5.23. The van der Waals surface area contributed by atoms with E-state index in [2.05, 4.69) is 24.9 Å². The van der Waals surface area contributed by atoms with Crippen molar-refractivity contribution in [1.82, 2.24) is 4.98 Å². The first-order valence-corrected chi connectivity index (χ1v) is 6.93. The molecule has 1 aromatic heterocycles. The summed E-state index contributed by atoms with van der Waals surface area (Å²) in [6, 6.07) is 6.19. The molecule has 2 rings (SSSR count). The molecule has 2 aromatic rings. The van der Waals surface area contributed by atoms with Gasteiger partial charge in [-0.2, -0.15) is 0 Å². The third kappa shape index (κ3) is 2.48. The van der Waals surface area contributed by atoms with Gasteiger partial charge < -0.3 is 10.5 Å². The molecule has 1 unspecified atom stereocenters. The molecule has 0 saturated heterocycles. The Morgan fingerprint density at radius 1 is 1.44 bits per heavy atom. The van der Waals surface area contributed by atoms with Gasteiger partial charge in [-0.1, -0.05) is 13.8 Å². The van der Waals surface area contributed by atoms with Crippen molar-refractivity contribution >= 4 is 16.5 Å². The number of nitrogens with two attached hydrogens (primary N) is 1. The molecule has 1 atom stereocenters. The van der Waals surface area contributed by atoms with Crippen molar-refractivity contribution in [1.29, 1.82) is 0 Å². The zero-order chi connectivity index (χ0) is 13.1. The molecule has 2 N–H and O–H groups in total. The summed E-state index contributed by atoms with van der Waals surface area (Å²) < 4.78 is 5.42. The minimum absolute atomic E-state index is 0.468. The maximum Gasteiger partial charge on any atom is 0.180 e. The molecule has 0 radical (unpaired) electrons. The smallest absolute Gasteiger partial charge is 0.180 e. The molecule has 0 aliphatic rings. The molecule has 0 fully saturated rings. The van der Waals surface area contributed by atoms with E-state index in [1.54, 1.807) is 7.11 Å². The maximum atomic E-state index is 5.68. The Kier molecular flexibility index (Phi) is 3.87. The van der Waals surface area contributed by atoms with E-state index in [1.807, 2.05) is 17.5 Å². The van der Waals surface area contributed by atoms with Gasteiger partial charge in [-0.05, 0) is 36.1 Å². The molecule has 18 heavy (non-hydrogen) atoms. The van der Waals surface area contributed by atoms with Crippen molar-refractivity contribution in [3.63, 3.8) is 0 Å². The quantitative estimate of drug-likeness (QED) is 0.908. The average molecular weight is 262 g/mol. The SMILES string of the molecule is CCC(C)c1cc(-c2csc(N)n2)ccc1OC. The van der Waals surface area contributed by atoms with Crippen LogP contribution in [0.5, 0.6) is 5.75 Å². The molecule has 4 heteroatoms. The van der Waals surface area contributed by atoms with E-state index in [4.69, 9.17) is 10.5 Å². The molecule has 96 valence electrons. The van der Waals surface area contributed by atoms with Crippen LogP contribution in [0, 0.1) is 0 Å². The highest BCUT2D eigenvalue weighted by atomic mass is 32.1. The van der Waals surface area contributed by atoms with Crippen LogP contribution in [0.3, 0.4) is 0 Å². The summed E-state index contributed by atoms with van der Waals surface area (Å²) in [5, 5.41) is 2.59. The van der Waals surface area contributed by atoms with Crippen LogP contribution in [-0.2, 0) is 0 Å². The lowest BCUT2D eigenvalue weighted by molar-refractivity contribution is 0.406. The van der Waals surface area contributed by atoms with Gasteiger partial charge in [0.25, 0.3) is 0 Å². The lowest BCUT2D eigenvalue weighted by Crippen LogP contribution is -1.97. The Morgan fingerprint density at radius 3 is 2.78 bits per heavy atom. The van der Waals surface area contributed by atoms with Gasteiger partial charge in [-0.3, -0.25) is 0 Å². The summed E-state index contributed by atoms with van der Waals surface area (Å²) in [7, 11) is 1.71. The first kappa shape index (κ1) is 12.9. The first-order valence-electron chi connectivity index (χ1n) is 6.05. The summed E-state index contributed by atoms with van der Waals surface area (Å²) in [4.78, 5) is 4.32. The van der Waals surface area contributed by atoms with Crippen molar-refractivity contribution < 1.29 is 4.74 Å². The summed E-state index contributed by atoms with van der Waals surface area (Å²) in [5.74, 6) is 1.41. The second-order valence-electron chi connectivity index (χ2n) is 4.34. The predicted molar refractivity (Wildman–Crippen MR) is 77.2 cm³/mol. The fourth-order valence-electron chi connectivity index (χ4n) is 1.92. The Labute approximate surface area is 112 Å². The van der Waals surface area contributed by atoms with Gasteiger partial charge in [0.2, 0.25) is 0 Å². The Bertz CT molecular complexity index is 536. The van der Waals surface area contributed by atoms with Gasteiger partial charge >= 0.3 is 0 Å². The molecular formula is C14H18N2OS. The number of hydrogen-bond donors (Lipinski definition) is 1. The largest absolute Gasteiger partial charge is 0.496 e. The summed E-state index contributed by atoms with van der Waals surface area (Å²) in [6.07, 6.45) is 1.08. The van der Waals surface area contributed by atoms with Crippen LogP contribution in [-0.4, -0.2) is 12.1 Å². The van der Waals surface area contributed by atoms with Gasteiger partial charge in [0.05, 0.1) is 12.8 Å². The first-order chi connectivity index (χ1) is 8.65. The van der Waals surface area contributed by atoms with Crippen molar-refractivity contribution in [2.75, 3.05) is 12.8 Å². The highest BCUT2D eigenvalue weighted by Crippen LogP contribution is 2.33. The molecule has 0 spiro atoms. The summed E-state index contributed by atoms with van der Waals surface area (Å²) in [6.45, 7) is 4.38. The third-order valence-corrected chi connectivity index (χ3v) is 3.86. The van der Waals surface area contributed by atoms with Gasteiger partial charge in [0, 0.05) is 10.9 Å². The fraction of sp³-hybridized carbons (Fsp3) is 0.357. The van der Waals surface area contributed by atoms with Gasteiger partial charge in [-0.25, -0.2) is 4.98 Å². The second kappa shape index (κ2) is 5.40. The number of nitrogens with zero attached hydrogens (tertiary/aromatic N) is 1. The standard InChI is InChI=1S/C14H18N2OS/c1-4-9(2)11-7-10(5-6-13(11)17-3)12-8-18-14(15)16-12/h5-9H,4H2,1-3H3,(H2,15,16). The zero-order valence-corrected chi connectivity index (χ0v) is 11.8. The molecular weight excluding hydrogens is 244 g/mol. The van der Waals surface area contributed by atoms with Crippen molar-refractivity contribution in [2.45, 2.75) is 26.2 Å². The highest BCUT2D eigenvalue weighted by molar-refractivity contribution is 7.13. The third-order valence-electron chi connectivity index (χ3n) is 3.19. The Hall–Kier alpha value is -1.55. The zero-order valence-electron chi connectivity index (χ0n) is 10.9. The number of nitrogen functional groups attached to an aromatic ring is 1. The molecule has 0 bridgehead atoms. The van der Waals surface area contributed by atoms with Crippen LogP contribution in [0.1, 0.15) is 31.7 Å². The lowest BCUT2D eigenvalue weighted by atomic mass is 9.95. The highest BCUT2D eigenvalue weighted by Gasteiger charge is 2.12. The van der Waals surface area contributed by atoms with E-state index < -0.39 is 0 Å². The normalized spacial score (nSPS) is 12.4. The summed E-state index contributed by atoms with van der Waals surface area (Å²) in [5.41, 5.74) is 8.94. The number of aromatic nitrogens is 1. The van der Waals surface area contributed by atoms with E-state index in [-0.39, 0.29) is 0 Å². The minimum Gasteiger partial charge on any atom is -0.496 e. The van der Waals surface area contributed by atoms with E-state index in [0.29, 0.717) is 11.0 Å². The monoisotopic (exact) mass is 262 g/mol.